The first-order valence-corrected chi connectivity index (χ1v) is 8.59. The lowest BCUT2D eigenvalue weighted by Gasteiger charge is -2.12. The van der Waals surface area contributed by atoms with Crippen LogP contribution >= 0.6 is 0 Å². The third-order valence-corrected chi connectivity index (χ3v) is 4.91. The highest BCUT2D eigenvalue weighted by Gasteiger charge is 2.25. The maximum atomic E-state index is 13.3. The Bertz CT molecular complexity index is 1290. The van der Waals surface area contributed by atoms with Crippen LogP contribution in [-0.4, -0.2) is 27.3 Å². The van der Waals surface area contributed by atoms with E-state index in [0.29, 0.717) is 17.3 Å². The predicted octanol–water partition coefficient (Wildman–Crippen LogP) is 3.17. The van der Waals surface area contributed by atoms with Crippen molar-refractivity contribution in [3.05, 3.63) is 76.0 Å². The Kier molecular flexibility index (Phi) is 4.15. The zero-order valence-electron chi connectivity index (χ0n) is 15.3. The van der Waals surface area contributed by atoms with Crippen molar-refractivity contribution in [1.82, 2.24) is 9.13 Å². The summed E-state index contributed by atoms with van der Waals surface area (Å²) in [6.45, 7) is 0.302. The molecule has 0 atom stereocenters. The molecule has 2 aromatic carbocycles. The average molecular weight is 380 g/mol. The molecule has 0 bridgehead atoms. The lowest BCUT2D eigenvalue weighted by molar-refractivity contribution is 0.0585. The van der Waals surface area contributed by atoms with Crippen molar-refractivity contribution in [1.29, 1.82) is 0 Å². The molecular weight excluding hydrogens is 363 g/mol. The second kappa shape index (κ2) is 6.53. The number of para-hydroxylation sites is 1. The maximum Gasteiger partial charge on any atom is 0.358 e. The van der Waals surface area contributed by atoms with Crippen LogP contribution in [0.1, 0.15) is 16.1 Å². The SMILES string of the molecule is COC(=O)c1c(O)c2c3ccccc3n(Cc3ccc(F)cc3)c2c(=O)n1C. The van der Waals surface area contributed by atoms with Crippen molar-refractivity contribution in [2.45, 2.75) is 6.54 Å². The molecule has 1 N–H and O–H groups in total. The van der Waals surface area contributed by atoms with Crippen LogP contribution in [0.5, 0.6) is 5.75 Å². The molecule has 142 valence electrons. The number of rotatable bonds is 3. The van der Waals surface area contributed by atoms with Gasteiger partial charge < -0.3 is 19.0 Å². The number of esters is 1. The van der Waals surface area contributed by atoms with Crippen LogP contribution in [0.4, 0.5) is 4.39 Å². The van der Waals surface area contributed by atoms with Crippen LogP contribution in [0.15, 0.2) is 53.3 Å². The summed E-state index contributed by atoms with van der Waals surface area (Å²) in [7, 11) is 2.60. The fourth-order valence-electron chi connectivity index (χ4n) is 3.57. The molecule has 0 spiro atoms. The van der Waals surface area contributed by atoms with E-state index in [0.717, 1.165) is 15.6 Å². The maximum absolute atomic E-state index is 13.3. The van der Waals surface area contributed by atoms with Gasteiger partial charge in [-0.2, -0.15) is 0 Å². The Hall–Kier alpha value is -3.61. The zero-order valence-corrected chi connectivity index (χ0v) is 15.3. The van der Waals surface area contributed by atoms with Gasteiger partial charge >= 0.3 is 5.97 Å². The van der Waals surface area contributed by atoms with E-state index in [-0.39, 0.29) is 22.8 Å². The van der Waals surface area contributed by atoms with Gasteiger partial charge in [0.2, 0.25) is 0 Å². The molecule has 7 heteroatoms. The summed E-state index contributed by atoms with van der Waals surface area (Å²) >= 11 is 0. The fraction of sp³-hybridized carbons (Fsp3) is 0.143. The van der Waals surface area contributed by atoms with E-state index in [9.17, 15) is 19.1 Å². The molecule has 0 aliphatic heterocycles. The number of carbonyl (C=O) groups excluding carboxylic acids is 1. The Morgan fingerprint density at radius 1 is 1.14 bits per heavy atom. The van der Waals surface area contributed by atoms with Gasteiger partial charge in [0, 0.05) is 24.5 Å². The lowest BCUT2D eigenvalue weighted by Crippen LogP contribution is -2.25. The minimum Gasteiger partial charge on any atom is -0.505 e. The largest absolute Gasteiger partial charge is 0.505 e. The summed E-state index contributed by atoms with van der Waals surface area (Å²) in [5.74, 6) is -1.45. The van der Waals surface area contributed by atoms with Crippen LogP contribution in [0.2, 0.25) is 0 Å². The molecule has 0 amide bonds. The number of benzene rings is 2. The highest BCUT2D eigenvalue weighted by molar-refractivity contribution is 6.13. The van der Waals surface area contributed by atoms with Crippen molar-refractivity contribution in [3.8, 4) is 5.75 Å². The fourth-order valence-corrected chi connectivity index (χ4v) is 3.57. The molecule has 2 aromatic heterocycles. The molecule has 28 heavy (non-hydrogen) atoms. The summed E-state index contributed by atoms with van der Waals surface area (Å²) in [6, 6.07) is 13.2. The number of ether oxygens (including phenoxy) is 1. The van der Waals surface area contributed by atoms with E-state index in [4.69, 9.17) is 4.74 Å². The number of halogens is 1. The molecule has 0 unspecified atom stereocenters. The quantitative estimate of drug-likeness (QED) is 0.554. The summed E-state index contributed by atoms with van der Waals surface area (Å²) < 4.78 is 20.8. The van der Waals surface area contributed by atoms with Crippen LogP contribution in [0.3, 0.4) is 0 Å². The van der Waals surface area contributed by atoms with E-state index >= 15 is 0 Å². The molecule has 0 aliphatic rings. The Morgan fingerprint density at radius 2 is 1.82 bits per heavy atom. The monoisotopic (exact) mass is 380 g/mol. The average Bonchev–Trinajstić information content (AvgIpc) is 3.02. The summed E-state index contributed by atoms with van der Waals surface area (Å²) in [4.78, 5) is 25.3. The number of carbonyl (C=O) groups is 1. The van der Waals surface area contributed by atoms with Crippen LogP contribution in [0, 0.1) is 5.82 Å². The van der Waals surface area contributed by atoms with Gasteiger partial charge in [0.05, 0.1) is 12.5 Å². The first-order chi connectivity index (χ1) is 13.4. The number of methoxy groups -OCH3 is 1. The highest BCUT2D eigenvalue weighted by Crippen LogP contribution is 2.35. The molecule has 0 saturated carbocycles. The number of hydrogen-bond donors (Lipinski definition) is 1. The second-order valence-electron chi connectivity index (χ2n) is 6.51. The first-order valence-electron chi connectivity index (χ1n) is 8.59. The van der Waals surface area contributed by atoms with Crippen molar-refractivity contribution in [2.24, 2.45) is 7.05 Å². The van der Waals surface area contributed by atoms with Crippen molar-refractivity contribution < 1.29 is 19.0 Å². The molecule has 6 nitrogen and oxygen atoms in total. The third-order valence-electron chi connectivity index (χ3n) is 4.91. The normalized spacial score (nSPS) is 11.2. The molecule has 2 heterocycles. The Labute approximate surface area is 159 Å². The Morgan fingerprint density at radius 3 is 2.50 bits per heavy atom. The molecule has 0 radical (unpaired) electrons. The number of fused-ring (bicyclic) bond motifs is 3. The predicted molar refractivity (Wildman–Crippen MR) is 103 cm³/mol. The van der Waals surface area contributed by atoms with Crippen LogP contribution in [0.25, 0.3) is 21.8 Å². The van der Waals surface area contributed by atoms with Crippen molar-refractivity contribution >= 4 is 27.8 Å². The summed E-state index contributed by atoms with van der Waals surface area (Å²) in [5, 5.41) is 11.8. The van der Waals surface area contributed by atoms with E-state index in [1.54, 1.807) is 28.8 Å². The molecule has 4 rings (SSSR count). The van der Waals surface area contributed by atoms with E-state index in [2.05, 4.69) is 0 Å². The molecule has 0 saturated heterocycles. The van der Waals surface area contributed by atoms with Gasteiger partial charge in [-0.3, -0.25) is 4.79 Å². The Balaban J connectivity index is 2.11. The minimum atomic E-state index is -0.797. The number of aromatic hydroxyl groups is 1. The van der Waals surface area contributed by atoms with E-state index < -0.39 is 11.5 Å². The van der Waals surface area contributed by atoms with Crippen LogP contribution < -0.4 is 5.56 Å². The smallest absolute Gasteiger partial charge is 0.358 e. The highest BCUT2D eigenvalue weighted by atomic mass is 19.1. The first kappa shape index (κ1) is 17.8. The summed E-state index contributed by atoms with van der Waals surface area (Å²) in [6.07, 6.45) is 0. The van der Waals surface area contributed by atoms with E-state index in [1.165, 1.54) is 26.3 Å². The number of aromatic nitrogens is 2. The third kappa shape index (κ3) is 2.55. The number of pyridine rings is 1. The molecule has 0 fully saturated rings. The second-order valence-corrected chi connectivity index (χ2v) is 6.51. The minimum absolute atomic E-state index is 0.204. The zero-order chi connectivity index (χ0) is 20.0. The van der Waals surface area contributed by atoms with Gasteiger partial charge in [-0.25, -0.2) is 9.18 Å². The van der Waals surface area contributed by atoms with Crippen molar-refractivity contribution in [3.63, 3.8) is 0 Å². The lowest BCUT2D eigenvalue weighted by atomic mass is 10.1. The standard InChI is InChI=1S/C21H17FN2O4/c1-23-18(21(27)28-2)19(25)16-14-5-3-4-6-15(14)24(17(16)20(23)26)11-12-7-9-13(22)10-8-12/h3-10,25H,11H2,1-2H3. The van der Waals surface area contributed by atoms with Crippen molar-refractivity contribution in [2.75, 3.05) is 7.11 Å². The molecule has 0 aliphatic carbocycles. The topological polar surface area (TPSA) is 73.5 Å². The van der Waals surface area contributed by atoms with Gasteiger partial charge in [-0.1, -0.05) is 30.3 Å². The van der Waals surface area contributed by atoms with Gasteiger partial charge in [0.15, 0.2) is 11.4 Å². The number of nitrogens with zero attached hydrogens (tertiary/aromatic N) is 2. The van der Waals surface area contributed by atoms with Gasteiger partial charge in [0.1, 0.15) is 11.3 Å². The van der Waals surface area contributed by atoms with Crippen LogP contribution in [-0.2, 0) is 18.3 Å². The van der Waals surface area contributed by atoms with Gasteiger partial charge in [-0.05, 0) is 23.8 Å². The van der Waals surface area contributed by atoms with E-state index in [1.807, 2.05) is 12.1 Å². The summed E-state index contributed by atoms with van der Waals surface area (Å²) in [5.41, 5.74) is 1.13. The van der Waals surface area contributed by atoms with Gasteiger partial charge in [-0.15, -0.1) is 0 Å². The van der Waals surface area contributed by atoms with Gasteiger partial charge in [0.25, 0.3) is 5.56 Å². The molecular formula is C21H17FN2O4. The molecule has 4 aromatic rings. The number of hydrogen-bond acceptors (Lipinski definition) is 4.